The van der Waals surface area contributed by atoms with Crippen LogP contribution >= 0.6 is 0 Å². The molecule has 156 valence electrons. The molecule has 0 atom stereocenters. The monoisotopic (exact) mass is 416 g/mol. The standard InChI is InChI=1S/C22H20N6O3/c1-30-18-11-5-9-16(13-18)24-21-26-20(23-15-7-3-2-4-8-15)27-22(28-21)25-17-10-6-12-19(14-17)31-29/h2-14,29H,1H3,(H3,23,24,25,26,27,28). The minimum absolute atomic E-state index is 0.288. The number of para-hydroxylation sites is 1. The van der Waals surface area contributed by atoms with E-state index in [9.17, 15) is 0 Å². The highest BCUT2D eigenvalue weighted by Gasteiger charge is 2.09. The number of hydrogen-bond acceptors (Lipinski definition) is 9. The highest BCUT2D eigenvalue weighted by atomic mass is 17.1. The topological polar surface area (TPSA) is 113 Å². The van der Waals surface area contributed by atoms with Gasteiger partial charge in [-0.05, 0) is 36.4 Å². The number of ether oxygens (including phenoxy) is 1. The fraction of sp³-hybridized carbons (Fsp3) is 0.0455. The van der Waals surface area contributed by atoms with Crippen molar-refractivity contribution in [2.45, 2.75) is 0 Å². The average molecular weight is 416 g/mol. The van der Waals surface area contributed by atoms with Gasteiger partial charge in [0.05, 0.1) is 7.11 Å². The third kappa shape index (κ3) is 5.37. The van der Waals surface area contributed by atoms with Crippen molar-refractivity contribution in [2.24, 2.45) is 0 Å². The Hall–Kier alpha value is -4.37. The van der Waals surface area contributed by atoms with Gasteiger partial charge in [-0.25, -0.2) is 5.26 Å². The fourth-order valence-corrected chi connectivity index (χ4v) is 2.78. The van der Waals surface area contributed by atoms with Gasteiger partial charge < -0.3 is 25.6 Å². The van der Waals surface area contributed by atoms with E-state index in [4.69, 9.17) is 9.99 Å². The summed E-state index contributed by atoms with van der Waals surface area (Å²) in [4.78, 5) is 17.6. The van der Waals surface area contributed by atoms with Crippen molar-refractivity contribution < 1.29 is 14.9 Å². The molecule has 0 aliphatic rings. The number of hydrogen-bond donors (Lipinski definition) is 4. The highest BCUT2D eigenvalue weighted by molar-refractivity contribution is 5.63. The van der Waals surface area contributed by atoms with Gasteiger partial charge in [0.1, 0.15) is 5.75 Å². The van der Waals surface area contributed by atoms with Crippen LogP contribution in [0.5, 0.6) is 11.5 Å². The van der Waals surface area contributed by atoms with E-state index >= 15 is 0 Å². The van der Waals surface area contributed by atoms with Gasteiger partial charge in [0.25, 0.3) is 0 Å². The molecule has 9 heteroatoms. The van der Waals surface area contributed by atoms with E-state index in [1.807, 2.05) is 54.6 Å². The average Bonchev–Trinajstić information content (AvgIpc) is 2.80. The lowest BCUT2D eigenvalue weighted by atomic mass is 10.3. The molecule has 1 aromatic heterocycles. The van der Waals surface area contributed by atoms with Crippen LogP contribution < -0.4 is 25.6 Å². The zero-order valence-electron chi connectivity index (χ0n) is 16.6. The summed E-state index contributed by atoms with van der Waals surface area (Å²) in [5, 5.41) is 18.3. The molecule has 4 N–H and O–H groups in total. The van der Waals surface area contributed by atoms with Crippen molar-refractivity contribution in [1.29, 1.82) is 0 Å². The molecule has 1 heterocycles. The number of nitrogens with zero attached hydrogens (tertiary/aromatic N) is 3. The molecule has 31 heavy (non-hydrogen) atoms. The predicted molar refractivity (Wildman–Crippen MR) is 119 cm³/mol. The van der Waals surface area contributed by atoms with Crippen molar-refractivity contribution in [2.75, 3.05) is 23.1 Å². The van der Waals surface area contributed by atoms with Gasteiger partial charge in [-0.1, -0.05) is 30.3 Å². The van der Waals surface area contributed by atoms with Crippen LogP contribution in [0.4, 0.5) is 34.9 Å². The van der Waals surface area contributed by atoms with Crippen molar-refractivity contribution in [1.82, 2.24) is 15.0 Å². The molecule has 0 aliphatic heterocycles. The zero-order chi connectivity index (χ0) is 21.5. The maximum atomic E-state index is 8.89. The second-order valence-corrected chi connectivity index (χ2v) is 6.40. The van der Waals surface area contributed by atoms with Gasteiger partial charge in [0.15, 0.2) is 5.75 Å². The molecule has 0 fully saturated rings. The molecule has 9 nitrogen and oxygen atoms in total. The van der Waals surface area contributed by atoms with Gasteiger partial charge in [0, 0.05) is 29.2 Å². The Labute approximate surface area is 178 Å². The Balaban J connectivity index is 1.65. The van der Waals surface area contributed by atoms with Gasteiger partial charge in [-0.3, -0.25) is 0 Å². The van der Waals surface area contributed by atoms with Crippen molar-refractivity contribution in [3.8, 4) is 11.5 Å². The van der Waals surface area contributed by atoms with Crippen LogP contribution in [0.3, 0.4) is 0 Å². The molecule has 0 bridgehead atoms. The first kappa shape index (κ1) is 19.9. The number of aromatic nitrogens is 3. The van der Waals surface area contributed by atoms with Gasteiger partial charge in [-0.2, -0.15) is 15.0 Å². The Morgan fingerprint density at radius 2 is 1.10 bits per heavy atom. The second-order valence-electron chi connectivity index (χ2n) is 6.40. The lowest BCUT2D eigenvalue weighted by molar-refractivity contribution is -0.137. The van der Waals surface area contributed by atoms with E-state index in [1.54, 1.807) is 31.4 Å². The van der Waals surface area contributed by atoms with Crippen LogP contribution in [0.1, 0.15) is 0 Å². The fourth-order valence-electron chi connectivity index (χ4n) is 2.78. The maximum Gasteiger partial charge on any atom is 0.233 e. The maximum absolute atomic E-state index is 8.89. The number of benzene rings is 3. The molecular weight excluding hydrogens is 396 g/mol. The van der Waals surface area contributed by atoms with Gasteiger partial charge in [0.2, 0.25) is 17.8 Å². The summed E-state index contributed by atoms with van der Waals surface area (Å²) >= 11 is 0. The summed E-state index contributed by atoms with van der Waals surface area (Å²) < 4.78 is 5.27. The molecule has 3 aromatic carbocycles. The molecule has 0 aliphatic carbocycles. The third-order valence-electron chi connectivity index (χ3n) is 4.19. The van der Waals surface area contributed by atoms with Crippen molar-refractivity contribution in [3.05, 3.63) is 78.9 Å². The Kier molecular flexibility index (Phi) is 6.05. The number of rotatable bonds is 8. The summed E-state index contributed by atoms with van der Waals surface area (Å²) in [7, 11) is 1.61. The zero-order valence-corrected chi connectivity index (χ0v) is 16.6. The van der Waals surface area contributed by atoms with E-state index in [0.717, 1.165) is 11.4 Å². The second kappa shape index (κ2) is 9.42. The third-order valence-corrected chi connectivity index (χ3v) is 4.19. The number of nitrogens with one attached hydrogen (secondary N) is 3. The van der Waals surface area contributed by atoms with E-state index in [0.29, 0.717) is 29.3 Å². The largest absolute Gasteiger partial charge is 0.497 e. The van der Waals surface area contributed by atoms with Crippen molar-refractivity contribution in [3.63, 3.8) is 0 Å². The molecule has 0 saturated carbocycles. The van der Waals surface area contributed by atoms with Gasteiger partial charge >= 0.3 is 0 Å². The molecular formula is C22H20N6O3. The summed E-state index contributed by atoms with van der Waals surface area (Å²) in [6.07, 6.45) is 0. The quantitative estimate of drug-likeness (QED) is 0.234. The van der Waals surface area contributed by atoms with Gasteiger partial charge in [-0.15, -0.1) is 0 Å². The Morgan fingerprint density at radius 1 is 0.613 bits per heavy atom. The normalized spacial score (nSPS) is 10.3. The van der Waals surface area contributed by atoms with Crippen molar-refractivity contribution >= 4 is 34.9 Å². The molecule has 4 rings (SSSR count). The molecule has 0 radical (unpaired) electrons. The summed E-state index contributed by atoms with van der Waals surface area (Å²) in [6.45, 7) is 0. The minimum atomic E-state index is 0.288. The van der Waals surface area contributed by atoms with Crippen LogP contribution in [0.15, 0.2) is 78.9 Å². The Morgan fingerprint density at radius 3 is 1.65 bits per heavy atom. The van der Waals surface area contributed by atoms with Crippen LogP contribution in [0, 0.1) is 0 Å². The summed E-state index contributed by atoms with van der Waals surface area (Å²) in [5.41, 5.74) is 2.23. The first-order valence-corrected chi connectivity index (χ1v) is 9.39. The van der Waals surface area contributed by atoms with Crippen LogP contribution in [-0.4, -0.2) is 27.3 Å². The molecule has 0 saturated heterocycles. The van der Waals surface area contributed by atoms with E-state index in [2.05, 4.69) is 35.8 Å². The summed E-state index contributed by atoms with van der Waals surface area (Å²) in [6, 6.07) is 23.8. The molecule has 0 amide bonds. The Bertz CT molecular complexity index is 1090. The van der Waals surface area contributed by atoms with Crippen LogP contribution in [0.2, 0.25) is 0 Å². The first-order chi connectivity index (χ1) is 15.2. The lowest BCUT2D eigenvalue weighted by Crippen LogP contribution is -2.07. The van der Waals surface area contributed by atoms with Crippen LogP contribution in [-0.2, 0) is 0 Å². The smallest absolute Gasteiger partial charge is 0.233 e. The predicted octanol–water partition coefficient (Wildman–Crippen LogP) is 4.96. The molecule has 0 unspecified atom stereocenters. The highest BCUT2D eigenvalue weighted by Crippen LogP contribution is 2.24. The minimum Gasteiger partial charge on any atom is -0.497 e. The lowest BCUT2D eigenvalue weighted by Gasteiger charge is -2.12. The first-order valence-electron chi connectivity index (χ1n) is 9.39. The molecule has 4 aromatic rings. The van der Waals surface area contributed by atoms with Crippen LogP contribution in [0.25, 0.3) is 0 Å². The number of methoxy groups -OCH3 is 1. The number of anilines is 6. The van der Waals surface area contributed by atoms with E-state index in [-0.39, 0.29) is 5.75 Å². The molecule has 0 spiro atoms. The van der Waals surface area contributed by atoms with E-state index in [1.165, 1.54) is 0 Å². The summed E-state index contributed by atoms with van der Waals surface area (Å²) in [5.74, 6) is 1.98. The SMILES string of the molecule is COc1cccc(Nc2nc(Nc3ccccc3)nc(Nc3cccc(OO)c3)n2)c1. The van der Waals surface area contributed by atoms with E-state index < -0.39 is 0 Å².